The molecule has 21 heteroatoms. The summed E-state index contributed by atoms with van der Waals surface area (Å²) in [7, 11) is 0. The van der Waals surface area contributed by atoms with Gasteiger partial charge in [-0.25, -0.2) is 34.9 Å². The average Bonchev–Trinajstić information content (AvgIpc) is 1.57. The minimum absolute atomic E-state index is 0. The Balaban J connectivity index is 0.000000523. The number of aromatic nitrogens is 4. The number of nitrogens with zero attached hydrogens (tertiary/aromatic N) is 11. The number of thioether (sulfide) groups is 3. The van der Waals surface area contributed by atoms with E-state index in [0.29, 0.717) is 0 Å². The Bertz CT molecular complexity index is 5350. The Morgan fingerprint density at radius 3 is 0.921 bits per heavy atom. The molecule has 14 rings (SSSR count). The molecule has 4 aromatic heterocycles. The van der Waals surface area contributed by atoms with Gasteiger partial charge in [0.25, 0.3) is 0 Å². The van der Waals surface area contributed by atoms with Gasteiger partial charge >= 0.3 is 0 Å². The van der Waals surface area contributed by atoms with Crippen LogP contribution >= 0.6 is 58.0 Å². The van der Waals surface area contributed by atoms with Crippen molar-refractivity contribution in [2.75, 3.05) is 0 Å². The molecule has 11 heterocycles. The molecule has 0 atom stereocenters. The van der Waals surface area contributed by atoms with Crippen molar-refractivity contribution in [3.8, 4) is 0 Å². The van der Waals surface area contributed by atoms with Crippen LogP contribution in [-0.2, 0) is 19.6 Å². The summed E-state index contributed by atoms with van der Waals surface area (Å²) in [6, 6.07) is 0. The molecule has 0 saturated heterocycles. The predicted molar refractivity (Wildman–Crippen MR) is 629 cm³/mol. The van der Waals surface area contributed by atoms with Crippen LogP contribution in [0.3, 0.4) is 0 Å². The lowest BCUT2D eigenvalue weighted by Gasteiger charge is -2.55. The zero-order valence-electron chi connectivity index (χ0n) is 100. The molecule has 7 aromatic rings. The number of ether oxygens (including phenoxy) is 3. The van der Waals surface area contributed by atoms with E-state index in [1.165, 1.54) is 125 Å². The smallest absolute Gasteiger partial charge is 0.192 e. The maximum Gasteiger partial charge on any atom is 0.192 e. The second kappa shape index (κ2) is 44.6. The second-order valence-electron chi connectivity index (χ2n) is 49.7. The van der Waals surface area contributed by atoms with Gasteiger partial charge < -0.3 is 23.0 Å². The molecule has 0 saturated carbocycles. The van der Waals surface area contributed by atoms with Crippen molar-refractivity contribution in [3.63, 3.8) is 0 Å². The van der Waals surface area contributed by atoms with Gasteiger partial charge in [0.15, 0.2) is 35.1 Å². The van der Waals surface area contributed by atoms with Gasteiger partial charge in [0.2, 0.25) is 0 Å². The molecule has 3 aromatic carbocycles. The molecule has 0 bridgehead atoms. The van der Waals surface area contributed by atoms with E-state index < -0.39 is 0 Å². The van der Waals surface area contributed by atoms with Gasteiger partial charge in [-0.3, -0.25) is 20.0 Å². The van der Waals surface area contributed by atoms with E-state index in [4.69, 9.17) is 43.0 Å². The summed E-state index contributed by atoms with van der Waals surface area (Å²) < 4.78 is 30.1. The monoisotopic (exact) mass is 2030 g/mol. The predicted octanol–water partition coefficient (Wildman–Crippen LogP) is 36.7. The molecule has 140 heavy (non-hydrogen) atoms. The Morgan fingerprint density at radius 1 is 0.250 bits per heavy atom. The summed E-state index contributed by atoms with van der Waals surface area (Å²) in [6.45, 7) is 141. The Hall–Kier alpha value is -6.00. The van der Waals surface area contributed by atoms with Crippen LogP contribution in [0.1, 0.15) is 443 Å². The molecule has 7 aliphatic rings. The zero-order valence-corrected chi connectivity index (χ0v) is 104. The van der Waals surface area contributed by atoms with Gasteiger partial charge in [-0.2, -0.15) is 0 Å². The molecule has 0 aliphatic carbocycles. The number of hydrogen-bond acceptors (Lipinski definition) is 21. The van der Waals surface area contributed by atoms with Crippen LogP contribution in [-0.4, -0.2) is 123 Å². The number of rotatable bonds is 0. The Labute approximate surface area is 878 Å². The largest absolute Gasteiger partial charge is 0.475 e. The lowest BCUT2D eigenvalue weighted by molar-refractivity contribution is -0.102. The van der Waals surface area contributed by atoms with Gasteiger partial charge in [-0.15, -0.1) is 58.0 Å². The van der Waals surface area contributed by atoms with E-state index in [-0.39, 0.29) is 117 Å². The minimum Gasteiger partial charge on any atom is -0.475 e. The van der Waals surface area contributed by atoms with Crippen LogP contribution in [0.2, 0.25) is 0 Å². The lowest BCUT2D eigenvalue weighted by atomic mass is 9.53. The zero-order chi connectivity index (χ0) is 108. The molecule has 0 amide bonds. The number of benzene rings is 3. The van der Waals surface area contributed by atoms with E-state index in [1.807, 2.05) is 97.6 Å². The van der Waals surface area contributed by atoms with Crippen LogP contribution in [0.25, 0.3) is 21.3 Å². The number of aliphatic imine (C=N–C) groups is 7. The van der Waals surface area contributed by atoms with Gasteiger partial charge in [-0.05, 0) is 407 Å². The summed E-state index contributed by atoms with van der Waals surface area (Å²) >= 11 is 9.27. The normalized spacial score (nSPS) is 21.7. The summed E-state index contributed by atoms with van der Waals surface area (Å²) in [5.74, 6) is 4.82. The fourth-order valence-corrected chi connectivity index (χ4v) is 24.7. The van der Waals surface area contributed by atoms with Crippen LogP contribution in [0.4, 0.5) is 5.69 Å². The van der Waals surface area contributed by atoms with Crippen molar-refractivity contribution < 1.29 is 23.0 Å². The summed E-state index contributed by atoms with van der Waals surface area (Å²) in [6.07, 6.45) is 0. The third-order valence-corrected chi connectivity index (χ3v) is 42.5. The number of fused-ring (bicyclic) bond motifs is 3. The third-order valence-electron chi connectivity index (χ3n) is 36.2. The molecule has 0 N–H and O–H groups in total. The van der Waals surface area contributed by atoms with Gasteiger partial charge in [0.1, 0.15) is 28.1 Å². The quantitative estimate of drug-likeness (QED) is 0.140. The highest BCUT2D eigenvalue weighted by atomic mass is 32.2. The first-order valence-corrected chi connectivity index (χ1v) is 54.1. The topological polar surface area (TPSA) is 192 Å². The van der Waals surface area contributed by atoms with E-state index >= 15 is 0 Å². The molecular weight excluding hydrogens is 1820 g/mol. The second-order valence-corrected chi connectivity index (χ2v) is 57.7. The van der Waals surface area contributed by atoms with Gasteiger partial charge in [0, 0.05) is 81.1 Å². The molecule has 0 spiro atoms. The first-order valence-electron chi connectivity index (χ1n) is 50.0. The van der Waals surface area contributed by atoms with Crippen molar-refractivity contribution >= 4 is 123 Å². The third kappa shape index (κ3) is 26.9. The molecular formula is C119H203N11O5S5. The summed E-state index contributed by atoms with van der Waals surface area (Å²) in [5.41, 5.74) is 25.7. The molecule has 16 nitrogen and oxygen atoms in total. The average molecular weight is 2030 g/mol. The number of hydrogen-bond donors (Lipinski definition) is 0. The van der Waals surface area contributed by atoms with Crippen molar-refractivity contribution in [1.29, 1.82) is 0 Å². The standard InChI is InChI=1S/C15H21N.C14H27NO.C14H27NS.C12H15NO.C12H15NS.C11H21NO.C11H21NS.C8H15NO.C8H15NS.C6H9NO.C6H9NS.2CH4/c1-8-9(2)11(4)14-13(10(8)3)15(6,7)12(5)16-14;2*1-10-15-13(6,7)11(2,3)12(4,5)14(8,9)16-10;2*1-6-7(2)9(4)12-11(8(6)3)13-10(5)14-12;2*1-8-12-10(4,5)9(2,3)11(6,7)13-8;2*1-6-9-7(2,3)8(4,5)10-6;2*1-4-5(2)8-6(3)7-4;;/h1-7H3;2*1-9H3;2*1-5H3;2*1-7H3;2*1-5H3;2*1-3H3;2*1H4. The number of aryl methyl sites for hydroxylation is 12. The lowest BCUT2D eigenvalue weighted by Crippen LogP contribution is -2.57. The van der Waals surface area contributed by atoms with Crippen LogP contribution < -0.4 is 0 Å². The molecule has 7 aliphatic heterocycles. The highest BCUT2D eigenvalue weighted by Gasteiger charge is 2.60. The fraction of sp³-hybridized carbons (Fsp3) is 0.723. The number of thiazole rings is 2. The number of oxazole rings is 2. The van der Waals surface area contributed by atoms with Crippen LogP contribution in [0.15, 0.2) is 43.8 Å². The van der Waals surface area contributed by atoms with E-state index in [1.54, 1.807) is 22.7 Å². The van der Waals surface area contributed by atoms with Crippen LogP contribution in [0, 0.1) is 171 Å². The van der Waals surface area contributed by atoms with Crippen molar-refractivity contribution in [3.05, 3.63) is 116 Å². The van der Waals surface area contributed by atoms with Crippen molar-refractivity contribution in [2.24, 2.45) is 67.4 Å². The molecule has 0 unspecified atom stereocenters. The van der Waals surface area contributed by atoms with E-state index in [9.17, 15) is 0 Å². The SMILES string of the molecule is C.C.CC1=NC(C)(C)C(C)(C)C(C)(C)C(C)(C)O1.CC1=NC(C)(C)C(C)(C)C(C)(C)C(C)(C)S1.CC1=NC(C)(C)C(C)(C)C(C)(C)O1.CC1=NC(C)(C)C(C)(C)C(C)(C)S1.CC1=NC(C)(C)C(C)(C)O1.CC1=NC(C)(C)C(C)(C)S1.CC1=Nc2c(C)c(C)c(C)c(C)c2C1(C)C.Cc1nc(C)c(C)o1.Cc1nc(C)c(C)s1.Cc1nc2c(C)c(C)c(C)c(C)c2o1.Cc1nc2c(C)c(C)c(C)c(C)c2s1. The van der Waals surface area contributed by atoms with Crippen LogP contribution in [0.5, 0.6) is 0 Å². The Kier molecular flexibility index (Phi) is 41.4. The fourth-order valence-electron chi connectivity index (χ4n) is 18.5. The molecule has 0 fully saturated rings. The summed E-state index contributed by atoms with van der Waals surface area (Å²) in [4.78, 5) is 51.3. The highest BCUT2D eigenvalue weighted by Crippen LogP contribution is 2.62. The van der Waals surface area contributed by atoms with Gasteiger partial charge in [0.05, 0.1) is 85.7 Å². The molecule has 0 radical (unpaired) electrons. The minimum atomic E-state index is -0.210. The van der Waals surface area contributed by atoms with Crippen molar-refractivity contribution in [1.82, 2.24) is 19.9 Å². The summed E-state index contributed by atoms with van der Waals surface area (Å²) in [5, 5.41) is 5.98. The highest BCUT2D eigenvalue weighted by molar-refractivity contribution is 8.15. The van der Waals surface area contributed by atoms with E-state index in [0.717, 1.165) is 57.0 Å². The maximum atomic E-state index is 6.04. The Morgan fingerprint density at radius 2 is 0.586 bits per heavy atom. The molecule has 794 valence electrons. The van der Waals surface area contributed by atoms with Crippen molar-refractivity contribution in [2.45, 2.75) is 535 Å². The van der Waals surface area contributed by atoms with Gasteiger partial charge in [-0.1, -0.05) is 112 Å². The van der Waals surface area contributed by atoms with E-state index in [2.05, 4.69) is 423 Å². The first-order chi connectivity index (χ1) is 61.3. The first kappa shape index (κ1) is 130. The maximum absolute atomic E-state index is 6.04.